The lowest BCUT2D eigenvalue weighted by molar-refractivity contribution is 0.0698. The molecule has 0 aliphatic rings. The van der Waals surface area contributed by atoms with Gasteiger partial charge in [-0.1, -0.05) is 22.0 Å². The van der Waals surface area contributed by atoms with Gasteiger partial charge in [0.1, 0.15) is 0 Å². The molecule has 0 unspecified atom stereocenters. The minimum atomic E-state index is -1.05. The fraction of sp³-hybridized carbons (Fsp3) is 0. The molecule has 0 aliphatic carbocycles. The molecular formula is C10H7BrN2O2. The van der Waals surface area contributed by atoms with E-state index in [0.29, 0.717) is 9.99 Å². The van der Waals surface area contributed by atoms with Gasteiger partial charge in [0.2, 0.25) is 0 Å². The topological polar surface area (TPSA) is 76.2 Å². The van der Waals surface area contributed by atoms with Crippen molar-refractivity contribution >= 4 is 38.5 Å². The van der Waals surface area contributed by atoms with Crippen molar-refractivity contribution in [2.24, 2.45) is 0 Å². The molecule has 0 aliphatic heterocycles. The van der Waals surface area contributed by atoms with Crippen LogP contribution in [0.3, 0.4) is 0 Å². The summed E-state index contributed by atoms with van der Waals surface area (Å²) in [6, 6.07) is 5.09. The van der Waals surface area contributed by atoms with E-state index in [-0.39, 0.29) is 11.3 Å². The summed E-state index contributed by atoms with van der Waals surface area (Å²) in [6.45, 7) is 0. The molecule has 0 fully saturated rings. The number of benzene rings is 1. The van der Waals surface area contributed by atoms with E-state index in [2.05, 4.69) is 20.9 Å². The summed E-state index contributed by atoms with van der Waals surface area (Å²) in [4.78, 5) is 15.0. The molecule has 2 rings (SSSR count). The first-order chi connectivity index (χ1) is 7.11. The van der Waals surface area contributed by atoms with Gasteiger partial charge in [0.15, 0.2) is 0 Å². The molecule has 0 atom stereocenters. The number of nitrogen functional groups attached to an aromatic ring is 1. The average Bonchev–Trinajstić information content (AvgIpc) is 2.23. The fourth-order valence-electron chi connectivity index (χ4n) is 1.40. The summed E-state index contributed by atoms with van der Waals surface area (Å²) in [6.07, 6.45) is 1.58. The molecule has 0 amide bonds. The molecule has 5 heteroatoms. The second kappa shape index (κ2) is 3.51. The van der Waals surface area contributed by atoms with Crippen molar-refractivity contribution in [2.75, 3.05) is 5.73 Å². The Morgan fingerprint density at radius 2 is 2.27 bits per heavy atom. The van der Waals surface area contributed by atoms with Crippen molar-refractivity contribution in [1.29, 1.82) is 0 Å². The molecule has 0 bridgehead atoms. The van der Waals surface area contributed by atoms with Crippen LogP contribution >= 0.6 is 15.9 Å². The second-order valence-electron chi connectivity index (χ2n) is 3.02. The van der Waals surface area contributed by atoms with Gasteiger partial charge in [0.05, 0.1) is 16.8 Å². The monoisotopic (exact) mass is 266 g/mol. The number of carboxylic acids is 1. The van der Waals surface area contributed by atoms with Gasteiger partial charge < -0.3 is 10.8 Å². The summed E-state index contributed by atoms with van der Waals surface area (Å²) in [7, 11) is 0. The van der Waals surface area contributed by atoms with Gasteiger partial charge in [-0.25, -0.2) is 4.79 Å². The third-order valence-corrected chi connectivity index (χ3v) is 2.77. The van der Waals surface area contributed by atoms with Crippen LogP contribution in [0.25, 0.3) is 10.9 Å². The van der Waals surface area contributed by atoms with Crippen LogP contribution in [0.1, 0.15) is 10.4 Å². The van der Waals surface area contributed by atoms with Crippen molar-refractivity contribution in [3.8, 4) is 0 Å². The molecule has 0 saturated heterocycles. The number of hydrogen-bond acceptors (Lipinski definition) is 3. The number of nitrogens with zero attached hydrogens (tertiary/aromatic N) is 1. The highest BCUT2D eigenvalue weighted by atomic mass is 79.9. The van der Waals surface area contributed by atoms with Crippen LogP contribution in [-0.2, 0) is 0 Å². The van der Waals surface area contributed by atoms with Crippen LogP contribution in [0.4, 0.5) is 5.69 Å². The molecule has 1 aromatic heterocycles. The third-order valence-electron chi connectivity index (χ3n) is 2.11. The first-order valence-electron chi connectivity index (χ1n) is 4.17. The van der Waals surface area contributed by atoms with E-state index >= 15 is 0 Å². The lowest BCUT2D eigenvalue weighted by Crippen LogP contribution is -2.03. The molecule has 4 nitrogen and oxygen atoms in total. The number of halogens is 1. The number of carboxylic acid groups (broad SMARTS) is 1. The number of anilines is 1. The Morgan fingerprint density at radius 1 is 1.53 bits per heavy atom. The van der Waals surface area contributed by atoms with E-state index in [1.54, 1.807) is 12.3 Å². The van der Waals surface area contributed by atoms with Crippen molar-refractivity contribution in [2.45, 2.75) is 0 Å². The minimum Gasteiger partial charge on any atom is -0.478 e. The SMILES string of the molecule is Nc1c(C(=O)O)cc(Br)c2cccnc12. The van der Waals surface area contributed by atoms with E-state index in [4.69, 9.17) is 10.8 Å². The van der Waals surface area contributed by atoms with Crippen molar-refractivity contribution < 1.29 is 9.90 Å². The number of rotatable bonds is 1. The predicted molar refractivity (Wildman–Crippen MR) is 60.8 cm³/mol. The Kier molecular flexibility index (Phi) is 2.32. The molecule has 2 aromatic rings. The van der Waals surface area contributed by atoms with Gasteiger partial charge >= 0.3 is 5.97 Å². The van der Waals surface area contributed by atoms with E-state index in [1.165, 1.54) is 6.07 Å². The van der Waals surface area contributed by atoms with Gasteiger partial charge in [-0.15, -0.1) is 0 Å². The average molecular weight is 267 g/mol. The molecule has 76 valence electrons. The van der Waals surface area contributed by atoms with E-state index < -0.39 is 5.97 Å². The zero-order chi connectivity index (χ0) is 11.0. The number of hydrogen-bond donors (Lipinski definition) is 2. The highest BCUT2D eigenvalue weighted by Gasteiger charge is 2.13. The van der Waals surface area contributed by atoms with Crippen LogP contribution in [0.5, 0.6) is 0 Å². The van der Waals surface area contributed by atoms with Crippen LogP contribution in [0, 0.1) is 0 Å². The highest BCUT2D eigenvalue weighted by molar-refractivity contribution is 9.10. The molecule has 15 heavy (non-hydrogen) atoms. The summed E-state index contributed by atoms with van der Waals surface area (Å²) in [5, 5.41) is 9.73. The van der Waals surface area contributed by atoms with Gasteiger partial charge in [-0.2, -0.15) is 0 Å². The third kappa shape index (κ3) is 1.55. The predicted octanol–water partition coefficient (Wildman–Crippen LogP) is 2.28. The van der Waals surface area contributed by atoms with E-state index in [0.717, 1.165) is 5.39 Å². The van der Waals surface area contributed by atoms with E-state index in [1.807, 2.05) is 6.07 Å². The maximum Gasteiger partial charge on any atom is 0.337 e. The normalized spacial score (nSPS) is 10.5. The van der Waals surface area contributed by atoms with Crippen LogP contribution in [-0.4, -0.2) is 16.1 Å². The van der Waals surface area contributed by atoms with Crippen LogP contribution in [0.15, 0.2) is 28.9 Å². The second-order valence-corrected chi connectivity index (χ2v) is 3.88. The first kappa shape index (κ1) is 9.92. The first-order valence-corrected chi connectivity index (χ1v) is 4.96. The summed E-state index contributed by atoms with van der Waals surface area (Å²) < 4.78 is 0.678. The summed E-state index contributed by atoms with van der Waals surface area (Å²) in [5.74, 6) is -1.05. The Balaban J connectivity index is 2.90. The number of carbonyl (C=O) groups is 1. The maximum absolute atomic E-state index is 10.9. The number of pyridine rings is 1. The van der Waals surface area contributed by atoms with Crippen molar-refractivity contribution in [3.63, 3.8) is 0 Å². The Morgan fingerprint density at radius 3 is 2.93 bits per heavy atom. The molecule has 3 N–H and O–H groups in total. The lowest BCUT2D eigenvalue weighted by Gasteiger charge is -2.06. The molecule has 0 radical (unpaired) electrons. The van der Waals surface area contributed by atoms with Crippen molar-refractivity contribution in [1.82, 2.24) is 4.98 Å². The number of aromatic carboxylic acids is 1. The molecule has 0 spiro atoms. The largest absolute Gasteiger partial charge is 0.478 e. The van der Waals surface area contributed by atoms with Crippen LogP contribution in [0.2, 0.25) is 0 Å². The number of fused-ring (bicyclic) bond motifs is 1. The Labute approximate surface area is 93.9 Å². The molecular weight excluding hydrogens is 260 g/mol. The van der Waals surface area contributed by atoms with E-state index in [9.17, 15) is 4.79 Å². The standard InChI is InChI=1S/C10H7BrN2O2/c11-7-4-6(10(14)15)8(12)9-5(7)2-1-3-13-9/h1-4H,12H2,(H,14,15). The van der Waals surface area contributed by atoms with Gasteiger partial charge in [0, 0.05) is 16.1 Å². The highest BCUT2D eigenvalue weighted by Crippen LogP contribution is 2.30. The van der Waals surface area contributed by atoms with Crippen LogP contribution < -0.4 is 5.73 Å². The maximum atomic E-state index is 10.9. The van der Waals surface area contributed by atoms with Crippen molar-refractivity contribution in [3.05, 3.63) is 34.4 Å². The molecule has 0 saturated carbocycles. The van der Waals surface area contributed by atoms with Gasteiger partial charge in [0.25, 0.3) is 0 Å². The smallest absolute Gasteiger partial charge is 0.337 e. The van der Waals surface area contributed by atoms with Gasteiger partial charge in [-0.3, -0.25) is 4.98 Å². The fourth-order valence-corrected chi connectivity index (χ4v) is 1.95. The molecule has 1 aromatic carbocycles. The molecule has 1 heterocycles. The quantitative estimate of drug-likeness (QED) is 0.777. The summed E-state index contributed by atoms with van der Waals surface area (Å²) in [5.41, 5.74) is 6.49. The summed E-state index contributed by atoms with van der Waals surface area (Å²) >= 11 is 3.29. The lowest BCUT2D eigenvalue weighted by atomic mass is 10.1. The zero-order valence-electron chi connectivity index (χ0n) is 7.57. The van der Waals surface area contributed by atoms with Gasteiger partial charge in [-0.05, 0) is 12.1 Å². The minimum absolute atomic E-state index is 0.0630. The number of aromatic nitrogens is 1. The number of nitrogens with two attached hydrogens (primary N) is 1. The zero-order valence-corrected chi connectivity index (χ0v) is 9.15. The Hall–Kier alpha value is -1.62. The Bertz CT molecular complexity index is 554.